The highest BCUT2D eigenvalue weighted by molar-refractivity contribution is 5.78. The number of nitrogen functional groups attached to an aromatic ring is 1. The quantitative estimate of drug-likeness (QED) is 0.769. The van der Waals surface area contributed by atoms with E-state index in [1.54, 1.807) is 12.1 Å². The molecule has 0 spiro atoms. The van der Waals surface area contributed by atoms with Crippen molar-refractivity contribution in [3.8, 4) is 23.6 Å². The van der Waals surface area contributed by atoms with Gasteiger partial charge < -0.3 is 25.4 Å². The second kappa shape index (κ2) is 7.90. The Balaban J connectivity index is 1.83. The van der Waals surface area contributed by atoms with Gasteiger partial charge in [-0.05, 0) is 12.1 Å². The van der Waals surface area contributed by atoms with Gasteiger partial charge in [0.05, 0.1) is 25.0 Å². The predicted octanol–water partition coefficient (Wildman–Crippen LogP) is 2.16. The van der Waals surface area contributed by atoms with E-state index in [0.29, 0.717) is 54.8 Å². The third-order valence-corrected chi connectivity index (χ3v) is 3.78. The third-order valence-electron chi connectivity index (χ3n) is 3.78. The summed E-state index contributed by atoms with van der Waals surface area (Å²) in [7, 11) is 0. The van der Waals surface area contributed by atoms with Crippen molar-refractivity contribution in [1.82, 2.24) is 9.97 Å². The Hall–Kier alpha value is -3.72. The highest BCUT2D eigenvalue weighted by Crippen LogP contribution is 2.36. The molecule has 1 aromatic carbocycles. The fourth-order valence-corrected chi connectivity index (χ4v) is 2.54. The lowest BCUT2D eigenvalue weighted by atomic mass is 10.2. The lowest BCUT2D eigenvalue weighted by Crippen LogP contribution is -2.27. The number of nitrogens with two attached hydrogens (primary N) is 1. The fourth-order valence-electron chi connectivity index (χ4n) is 2.54. The van der Waals surface area contributed by atoms with Crippen LogP contribution >= 0.6 is 0 Å². The van der Waals surface area contributed by atoms with Gasteiger partial charge in [-0.1, -0.05) is 0 Å². The van der Waals surface area contributed by atoms with Crippen LogP contribution in [-0.2, 0) is 0 Å². The number of nitrogens with zero attached hydrogens (tertiary/aromatic N) is 5. The van der Waals surface area contributed by atoms with Crippen LogP contribution in [-0.4, -0.2) is 29.9 Å². The van der Waals surface area contributed by atoms with Crippen molar-refractivity contribution >= 4 is 23.0 Å². The SMILES string of the molecule is N#CCCN(CCC#N)c1ncnc(Nc2ccc3c(c2)OCO3)c1N. The summed E-state index contributed by atoms with van der Waals surface area (Å²) < 4.78 is 10.7. The molecule has 1 aromatic heterocycles. The average molecular weight is 351 g/mol. The van der Waals surface area contributed by atoms with Crippen LogP contribution in [0.4, 0.5) is 23.0 Å². The maximum atomic E-state index is 8.84. The number of hydrogen-bond donors (Lipinski definition) is 2. The van der Waals surface area contributed by atoms with Crippen molar-refractivity contribution in [2.45, 2.75) is 12.8 Å². The molecule has 9 heteroatoms. The van der Waals surface area contributed by atoms with Crippen LogP contribution in [0, 0.1) is 22.7 Å². The lowest BCUT2D eigenvalue weighted by Gasteiger charge is -2.23. The zero-order chi connectivity index (χ0) is 18.4. The van der Waals surface area contributed by atoms with Crippen molar-refractivity contribution in [2.75, 3.05) is 35.8 Å². The molecular weight excluding hydrogens is 334 g/mol. The van der Waals surface area contributed by atoms with Gasteiger partial charge in [0.15, 0.2) is 23.1 Å². The Morgan fingerprint density at radius 2 is 1.85 bits per heavy atom. The molecule has 132 valence electrons. The molecule has 0 aliphatic carbocycles. The molecule has 3 rings (SSSR count). The Bertz CT molecular complexity index is 854. The van der Waals surface area contributed by atoms with Gasteiger partial charge in [-0.15, -0.1) is 0 Å². The molecule has 0 radical (unpaired) electrons. The molecule has 3 N–H and O–H groups in total. The first-order valence-corrected chi connectivity index (χ1v) is 7.99. The Morgan fingerprint density at radius 1 is 1.12 bits per heavy atom. The van der Waals surface area contributed by atoms with Crippen LogP contribution < -0.4 is 25.4 Å². The van der Waals surface area contributed by atoms with Crippen LogP contribution in [0.15, 0.2) is 24.5 Å². The molecule has 0 saturated heterocycles. The number of benzene rings is 1. The van der Waals surface area contributed by atoms with Crippen LogP contribution in [0.25, 0.3) is 0 Å². The Morgan fingerprint density at radius 3 is 2.58 bits per heavy atom. The zero-order valence-corrected chi connectivity index (χ0v) is 14.0. The van der Waals surface area contributed by atoms with Crippen molar-refractivity contribution < 1.29 is 9.47 Å². The lowest BCUT2D eigenvalue weighted by molar-refractivity contribution is 0.174. The molecule has 0 bridgehead atoms. The number of fused-ring (bicyclic) bond motifs is 1. The second-order valence-corrected chi connectivity index (χ2v) is 5.46. The van der Waals surface area contributed by atoms with Gasteiger partial charge in [0.25, 0.3) is 0 Å². The maximum absolute atomic E-state index is 8.84. The topological polar surface area (TPSA) is 133 Å². The average Bonchev–Trinajstić information content (AvgIpc) is 3.12. The zero-order valence-electron chi connectivity index (χ0n) is 14.0. The molecule has 2 aromatic rings. The number of anilines is 4. The molecule has 9 nitrogen and oxygen atoms in total. The van der Waals surface area contributed by atoms with Crippen molar-refractivity contribution in [1.29, 1.82) is 10.5 Å². The van der Waals surface area contributed by atoms with Crippen molar-refractivity contribution in [3.05, 3.63) is 24.5 Å². The Labute approximate surface area is 150 Å². The van der Waals surface area contributed by atoms with Gasteiger partial charge >= 0.3 is 0 Å². The summed E-state index contributed by atoms with van der Waals surface area (Å²) in [4.78, 5) is 10.2. The number of rotatable bonds is 7. The molecular formula is C17H17N7O2. The minimum atomic E-state index is 0.200. The van der Waals surface area contributed by atoms with Crippen molar-refractivity contribution in [2.24, 2.45) is 0 Å². The fraction of sp³-hybridized carbons (Fsp3) is 0.294. The smallest absolute Gasteiger partial charge is 0.231 e. The highest BCUT2D eigenvalue weighted by Gasteiger charge is 2.17. The number of nitriles is 2. The molecule has 0 unspecified atom stereocenters. The minimum absolute atomic E-state index is 0.200. The summed E-state index contributed by atoms with van der Waals surface area (Å²) in [6.45, 7) is 1.07. The summed E-state index contributed by atoms with van der Waals surface area (Å²) in [6.07, 6.45) is 2.01. The van der Waals surface area contributed by atoms with Crippen LogP contribution in [0.3, 0.4) is 0 Å². The van der Waals surface area contributed by atoms with Gasteiger partial charge in [-0.2, -0.15) is 10.5 Å². The third kappa shape index (κ3) is 3.68. The van der Waals surface area contributed by atoms with Crippen LogP contribution in [0.2, 0.25) is 0 Å². The van der Waals surface area contributed by atoms with Crippen LogP contribution in [0.5, 0.6) is 11.5 Å². The minimum Gasteiger partial charge on any atom is -0.454 e. The van der Waals surface area contributed by atoms with Gasteiger partial charge in [0.2, 0.25) is 6.79 Å². The molecule has 26 heavy (non-hydrogen) atoms. The standard InChI is InChI=1S/C17H17N7O2/c18-5-1-7-24(8-2-6-19)17-15(20)16(21-10-22-17)23-12-3-4-13-14(9-12)26-11-25-13/h3-4,9-10H,1-2,7-8,11,20H2,(H,21,22,23). The largest absolute Gasteiger partial charge is 0.454 e. The van der Waals surface area contributed by atoms with Crippen molar-refractivity contribution in [3.63, 3.8) is 0 Å². The van der Waals surface area contributed by atoms with E-state index in [0.717, 1.165) is 5.69 Å². The van der Waals surface area contributed by atoms with Gasteiger partial charge in [0, 0.05) is 24.8 Å². The maximum Gasteiger partial charge on any atom is 0.231 e. The summed E-state index contributed by atoms with van der Waals surface area (Å²) in [5.74, 6) is 2.26. The molecule has 2 heterocycles. The van der Waals surface area contributed by atoms with E-state index in [-0.39, 0.29) is 6.79 Å². The summed E-state index contributed by atoms with van der Waals surface area (Å²) >= 11 is 0. The summed E-state index contributed by atoms with van der Waals surface area (Å²) in [5.41, 5.74) is 7.33. The molecule has 0 fully saturated rings. The first-order chi connectivity index (χ1) is 12.7. The van der Waals surface area contributed by atoms with Gasteiger partial charge in [-0.25, -0.2) is 9.97 Å². The van der Waals surface area contributed by atoms with E-state index in [1.807, 2.05) is 11.0 Å². The molecule has 1 aliphatic rings. The van der Waals surface area contributed by atoms with E-state index in [9.17, 15) is 0 Å². The van der Waals surface area contributed by atoms with E-state index in [1.165, 1.54) is 6.33 Å². The van der Waals surface area contributed by atoms with Gasteiger partial charge in [-0.3, -0.25) is 0 Å². The van der Waals surface area contributed by atoms with Crippen LogP contribution in [0.1, 0.15) is 12.8 Å². The Kier molecular flexibility index (Phi) is 5.20. The van der Waals surface area contributed by atoms with E-state index < -0.39 is 0 Å². The molecule has 0 atom stereocenters. The second-order valence-electron chi connectivity index (χ2n) is 5.46. The highest BCUT2D eigenvalue weighted by atomic mass is 16.7. The first kappa shape index (κ1) is 17.1. The number of aromatic nitrogens is 2. The molecule has 0 amide bonds. The van der Waals surface area contributed by atoms with E-state index in [2.05, 4.69) is 27.4 Å². The number of hydrogen-bond acceptors (Lipinski definition) is 9. The molecule has 1 aliphatic heterocycles. The number of nitrogens with one attached hydrogen (secondary N) is 1. The first-order valence-electron chi connectivity index (χ1n) is 7.99. The van der Waals surface area contributed by atoms with E-state index >= 15 is 0 Å². The van der Waals surface area contributed by atoms with Gasteiger partial charge in [0.1, 0.15) is 12.0 Å². The number of ether oxygens (including phenoxy) is 2. The predicted molar refractivity (Wildman–Crippen MR) is 95.0 cm³/mol. The van der Waals surface area contributed by atoms with E-state index in [4.69, 9.17) is 25.7 Å². The normalized spacial score (nSPS) is 11.5. The monoisotopic (exact) mass is 351 g/mol. The summed E-state index contributed by atoms with van der Waals surface area (Å²) in [6, 6.07) is 9.61. The molecule has 0 saturated carbocycles. The summed E-state index contributed by atoms with van der Waals surface area (Å²) in [5, 5.41) is 20.8.